The molecule has 0 bridgehead atoms. The highest BCUT2D eigenvalue weighted by Crippen LogP contribution is 2.14. The Morgan fingerprint density at radius 3 is 2.71 bits per heavy atom. The summed E-state index contributed by atoms with van der Waals surface area (Å²) in [6, 6.07) is 3.17. The largest absolute Gasteiger partial charge is 0.313 e. The van der Waals surface area contributed by atoms with Crippen LogP contribution in [0, 0.1) is 11.6 Å². The van der Waals surface area contributed by atoms with Gasteiger partial charge < -0.3 is 5.32 Å². The van der Waals surface area contributed by atoms with E-state index < -0.39 is 22.4 Å². The molecule has 2 atom stereocenters. The van der Waals surface area contributed by atoms with Gasteiger partial charge in [0.25, 0.3) is 0 Å². The van der Waals surface area contributed by atoms with Gasteiger partial charge >= 0.3 is 0 Å². The van der Waals surface area contributed by atoms with Gasteiger partial charge in [0.15, 0.2) is 0 Å². The highest BCUT2D eigenvalue weighted by Gasteiger charge is 2.13. The van der Waals surface area contributed by atoms with Crippen LogP contribution in [0.15, 0.2) is 23.1 Å². The highest BCUT2D eigenvalue weighted by atomic mass is 32.2. The molecule has 0 saturated heterocycles. The maximum atomic E-state index is 13.3. The summed E-state index contributed by atoms with van der Waals surface area (Å²) in [5, 5.41) is 3.17. The molecule has 0 aliphatic rings. The van der Waals surface area contributed by atoms with Gasteiger partial charge in [0.05, 0.1) is 15.7 Å². The van der Waals surface area contributed by atoms with Crippen LogP contribution in [0.1, 0.15) is 20.3 Å². The summed E-state index contributed by atoms with van der Waals surface area (Å²) in [6.07, 6.45) is 0.988. The second kappa shape index (κ2) is 6.81. The molecule has 5 heteroatoms. The molecule has 17 heavy (non-hydrogen) atoms. The van der Waals surface area contributed by atoms with Gasteiger partial charge in [0, 0.05) is 17.9 Å². The van der Waals surface area contributed by atoms with E-state index in [0.29, 0.717) is 5.75 Å². The third kappa shape index (κ3) is 4.52. The van der Waals surface area contributed by atoms with Crippen LogP contribution < -0.4 is 5.32 Å². The van der Waals surface area contributed by atoms with Crippen LogP contribution in [-0.2, 0) is 10.8 Å². The number of benzene rings is 1. The molecule has 0 aliphatic carbocycles. The first kappa shape index (κ1) is 14.3. The lowest BCUT2D eigenvalue weighted by atomic mass is 10.3. The maximum absolute atomic E-state index is 13.3. The van der Waals surface area contributed by atoms with E-state index in [4.69, 9.17) is 0 Å². The third-order valence-electron chi connectivity index (χ3n) is 2.28. The van der Waals surface area contributed by atoms with Gasteiger partial charge in [-0.25, -0.2) is 8.78 Å². The van der Waals surface area contributed by atoms with E-state index in [1.54, 1.807) is 0 Å². The van der Waals surface area contributed by atoms with E-state index in [0.717, 1.165) is 25.1 Å². The first-order valence-electron chi connectivity index (χ1n) is 5.61. The standard InChI is InChI=1S/C12H17F2NOS/c1-3-6-15-9(2)8-17(16)12-5-4-10(13)7-11(12)14/h4-5,7,9,15H,3,6,8H2,1-2H3. The number of rotatable bonds is 6. The van der Waals surface area contributed by atoms with E-state index in [-0.39, 0.29) is 10.9 Å². The lowest BCUT2D eigenvalue weighted by Crippen LogP contribution is -2.31. The van der Waals surface area contributed by atoms with Crippen LogP contribution in [0.2, 0.25) is 0 Å². The molecule has 0 spiro atoms. The smallest absolute Gasteiger partial charge is 0.142 e. The fourth-order valence-electron chi connectivity index (χ4n) is 1.43. The molecule has 1 aromatic rings. The van der Waals surface area contributed by atoms with Gasteiger partial charge in [-0.2, -0.15) is 0 Å². The molecular formula is C12H17F2NOS. The average Bonchev–Trinajstić information content (AvgIpc) is 2.26. The van der Waals surface area contributed by atoms with Gasteiger partial charge in [-0.3, -0.25) is 4.21 Å². The van der Waals surface area contributed by atoms with Crippen molar-refractivity contribution in [3.8, 4) is 0 Å². The van der Waals surface area contributed by atoms with E-state index in [2.05, 4.69) is 5.32 Å². The Bertz CT molecular complexity index is 398. The topological polar surface area (TPSA) is 29.1 Å². The normalized spacial score (nSPS) is 14.6. The maximum Gasteiger partial charge on any atom is 0.142 e. The Morgan fingerprint density at radius 2 is 2.12 bits per heavy atom. The van der Waals surface area contributed by atoms with Crippen LogP contribution in [0.25, 0.3) is 0 Å². The molecule has 96 valence electrons. The van der Waals surface area contributed by atoms with Crippen LogP contribution in [0.5, 0.6) is 0 Å². The fourth-order valence-corrected chi connectivity index (χ4v) is 2.67. The zero-order valence-electron chi connectivity index (χ0n) is 10.0. The molecule has 1 rings (SSSR count). The van der Waals surface area contributed by atoms with Gasteiger partial charge in [-0.15, -0.1) is 0 Å². The summed E-state index contributed by atoms with van der Waals surface area (Å²) in [6.45, 7) is 4.77. The van der Waals surface area contributed by atoms with Crippen LogP contribution in [0.4, 0.5) is 8.78 Å². The van der Waals surface area contributed by atoms with Crippen molar-refractivity contribution in [1.82, 2.24) is 5.32 Å². The predicted octanol–water partition coefficient (Wildman–Crippen LogP) is 2.46. The minimum atomic E-state index is -1.44. The van der Waals surface area contributed by atoms with Crippen LogP contribution in [-0.4, -0.2) is 22.5 Å². The molecule has 0 fully saturated rings. The predicted molar refractivity (Wildman–Crippen MR) is 65.4 cm³/mol. The van der Waals surface area contributed by atoms with Crippen molar-refractivity contribution >= 4 is 10.8 Å². The summed E-state index contributed by atoms with van der Waals surface area (Å²) in [5.41, 5.74) is 0. The molecule has 0 amide bonds. The first-order valence-corrected chi connectivity index (χ1v) is 6.93. The average molecular weight is 261 g/mol. The van der Waals surface area contributed by atoms with E-state index >= 15 is 0 Å². The number of nitrogens with one attached hydrogen (secondary N) is 1. The van der Waals surface area contributed by atoms with Gasteiger partial charge in [-0.1, -0.05) is 6.92 Å². The van der Waals surface area contributed by atoms with Gasteiger partial charge in [0.1, 0.15) is 11.6 Å². The molecule has 1 N–H and O–H groups in total. The molecule has 2 nitrogen and oxygen atoms in total. The van der Waals surface area contributed by atoms with Crippen LogP contribution in [0.3, 0.4) is 0 Å². The Balaban J connectivity index is 2.63. The molecule has 0 aromatic heterocycles. The highest BCUT2D eigenvalue weighted by molar-refractivity contribution is 7.85. The fraction of sp³-hybridized carbons (Fsp3) is 0.500. The summed E-state index contributed by atoms with van der Waals surface area (Å²) < 4.78 is 37.9. The molecule has 2 unspecified atom stereocenters. The van der Waals surface area contributed by atoms with Crippen molar-refractivity contribution in [1.29, 1.82) is 0 Å². The van der Waals surface area contributed by atoms with Crippen molar-refractivity contribution in [2.24, 2.45) is 0 Å². The second-order valence-electron chi connectivity index (χ2n) is 3.94. The first-order chi connectivity index (χ1) is 8.04. The van der Waals surface area contributed by atoms with E-state index in [1.165, 1.54) is 6.07 Å². The summed E-state index contributed by atoms with van der Waals surface area (Å²) in [4.78, 5) is 0.0662. The molecular weight excluding hydrogens is 244 g/mol. The van der Waals surface area contributed by atoms with Crippen molar-refractivity contribution < 1.29 is 13.0 Å². The van der Waals surface area contributed by atoms with E-state index in [1.807, 2.05) is 13.8 Å². The van der Waals surface area contributed by atoms with Crippen molar-refractivity contribution in [2.45, 2.75) is 31.2 Å². The molecule has 0 saturated carbocycles. The molecule has 0 heterocycles. The molecule has 0 radical (unpaired) electrons. The minimum Gasteiger partial charge on any atom is -0.313 e. The van der Waals surface area contributed by atoms with E-state index in [9.17, 15) is 13.0 Å². The van der Waals surface area contributed by atoms with Crippen molar-refractivity contribution in [3.63, 3.8) is 0 Å². The number of hydrogen-bond donors (Lipinski definition) is 1. The Morgan fingerprint density at radius 1 is 1.41 bits per heavy atom. The molecule has 1 aromatic carbocycles. The van der Waals surface area contributed by atoms with Crippen molar-refractivity contribution in [2.75, 3.05) is 12.3 Å². The van der Waals surface area contributed by atoms with Crippen LogP contribution >= 0.6 is 0 Å². The van der Waals surface area contributed by atoms with Gasteiger partial charge in [0.2, 0.25) is 0 Å². The quantitative estimate of drug-likeness (QED) is 0.852. The Hall–Kier alpha value is -0.810. The summed E-state index contributed by atoms with van der Waals surface area (Å²) >= 11 is 0. The minimum absolute atomic E-state index is 0.0419. The Kier molecular flexibility index (Phi) is 5.71. The van der Waals surface area contributed by atoms with Gasteiger partial charge in [-0.05, 0) is 32.0 Å². The third-order valence-corrected chi connectivity index (χ3v) is 3.91. The zero-order valence-corrected chi connectivity index (χ0v) is 10.8. The molecule has 0 aliphatic heterocycles. The zero-order chi connectivity index (χ0) is 12.8. The number of halogens is 2. The lowest BCUT2D eigenvalue weighted by molar-refractivity contribution is 0.558. The lowest BCUT2D eigenvalue weighted by Gasteiger charge is -2.12. The summed E-state index contributed by atoms with van der Waals surface area (Å²) in [5.74, 6) is -1.07. The Labute approximate surface area is 103 Å². The second-order valence-corrected chi connectivity index (χ2v) is 5.41. The summed E-state index contributed by atoms with van der Waals surface area (Å²) in [7, 11) is -1.44. The SMILES string of the molecule is CCCNC(C)CS(=O)c1ccc(F)cc1F. The number of hydrogen-bond acceptors (Lipinski definition) is 2. The van der Waals surface area contributed by atoms with Crippen molar-refractivity contribution in [3.05, 3.63) is 29.8 Å². The monoisotopic (exact) mass is 261 g/mol.